The second-order valence-electron chi connectivity index (χ2n) is 8.15. The van der Waals surface area contributed by atoms with E-state index in [9.17, 15) is 4.79 Å². The number of anilines is 2. The van der Waals surface area contributed by atoms with E-state index in [-0.39, 0.29) is 5.78 Å². The molecule has 33 heavy (non-hydrogen) atoms. The second kappa shape index (κ2) is 8.80. The highest BCUT2D eigenvalue weighted by molar-refractivity contribution is 9.10. The summed E-state index contributed by atoms with van der Waals surface area (Å²) in [6, 6.07) is 26.6. The fraction of sp³-hybridized carbons (Fsp3) is 0.192. The Labute approximate surface area is 206 Å². The van der Waals surface area contributed by atoms with Crippen molar-refractivity contribution in [1.29, 1.82) is 0 Å². The first-order chi connectivity index (χ1) is 16.0. The predicted octanol–water partition coefficient (Wildman–Crippen LogP) is 6.57. The van der Waals surface area contributed by atoms with Crippen molar-refractivity contribution in [3.05, 3.63) is 94.5 Å². The van der Waals surface area contributed by atoms with Crippen LogP contribution >= 0.6 is 27.7 Å². The Hall–Kier alpha value is -2.90. The Balaban J connectivity index is 1.66. The molecule has 2 aliphatic heterocycles. The van der Waals surface area contributed by atoms with Gasteiger partial charge in [0.1, 0.15) is 0 Å². The first-order valence-corrected chi connectivity index (χ1v) is 12.4. The molecule has 0 fully saturated rings. The Kier molecular flexibility index (Phi) is 5.85. The maximum atomic E-state index is 12.4. The summed E-state index contributed by atoms with van der Waals surface area (Å²) in [6.45, 7) is 3.64. The molecule has 0 N–H and O–H groups in total. The summed E-state index contributed by atoms with van der Waals surface area (Å²) in [7, 11) is 0. The van der Waals surface area contributed by atoms with Gasteiger partial charge >= 0.3 is 0 Å². The van der Waals surface area contributed by atoms with E-state index < -0.39 is 4.99 Å². The van der Waals surface area contributed by atoms with Crippen LogP contribution in [0.5, 0.6) is 0 Å². The summed E-state index contributed by atoms with van der Waals surface area (Å²) in [5.74, 6) is -0.0373. The number of thioether (sulfide) groups is 1. The predicted molar refractivity (Wildman–Crippen MR) is 141 cm³/mol. The molecule has 0 aliphatic carbocycles. The van der Waals surface area contributed by atoms with Gasteiger partial charge in [0.25, 0.3) is 0 Å². The zero-order chi connectivity index (χ0) is 23.0. The van der Waals surface area contributed by atoms with Gasteiger partial charge in [-0.1, -0.05) is 64.0 Å². The number of Topliss-reactive ketones (excluding diaryl/α,β-unsaturated/α-hetero) is 1. The average molecular weight is 519 g/mol. The summed E-state index contributed by atoms with van der Waals surface area (Å²) < 4.78 is 1.04. The van der Waals surface area contributed by atoms with E-state index in [4.69, 9.17) is 10.2 Å². The normalized spacial score (nSPS) is 20.1. The largest absolute Gasteiger partial charge is 0.292 e. The van der Waals surface area contributed by atoms with Crippen molar-refractivity contribution in [2.45, 2.75) is 31.7 Å². The molecule has 5 rings (SSSR count). The van der Waals surface area contributed by atoms with Crippen LogP contribution in [0.3, 0.4) is 0 Å². The summed E-state index contributed by atoms with van der Waals surface area (Å²) in [4.78, 5) is 11.8. The van der Waals surface area contributed by atoms with Crippen molar-refractivity contribution in [2.24, 2.45) is 10.2 Å². The first-order valence-electron chi connectivity index (χ1n) is 10.8. The van der Waals surface area contributed by atoms with Crippen molar-refractivity contribution in [1.82, 2.24) is 0 Å². The molecule has 0 saturated carbocycles. The van der Waals surface area contributed by atoms with Crippen LogP contribution in [0.15, 0.2) is 93.5 Å². The fourth-order valence-electron chi connectivity index (χ4n) is 4.07. The fourth-order valence-corrected chi connectivity index (χ4v) is 5.58. The number of halogens is 1. The van der Waals surface area contributed by atoms with Crippen LogP contribution in [0.1, 0.15) is 30.9 Å². The minimum atomic E-state index is -0.670. The summed E-state index contributed by atoms with van der Waals surface area (Å²) >= 11 is 5.01. The Morgan fingerprint density at radius 2 is 1.55 bits per heavy atom. The van der Waals surface area contributed by atoms with Crippen LogP contribution < -0.4 is 10.0 Å². The van der Waals surface area contributed by atoms with Gasteiger partial charge in [-0.3, -0.25) is 4.79 Å². The molecule has 0 saturated heterocycles. The molecule has 166 valence electrons. The number of carbonyl (C=O) groups excluding carboxylic acids is 1. The standard InChI is InChI=1S/C26H23BrN4OS/c1-18-8-14-23(15-9-18)31-26(33-25(29-31)19(2)32)17-16-24(20-10-12-21(27)13-11-20)28-30(26)22-6-4-3-5-7-22/h3-15H,16-17H2,1-2H3/t26-/m1/s1. The van der Waals surface area contributed by atoms with E-state index in [1.165, 1.54) is 17.3 Å². The Morgan fingerprint density at radius 1 is 0.909 bits per heavy atom. The van der Waals surface area contributed by atoms with Gasteiger partial charge in [0.05, 0.1) is 17.1 Å². The van der Waals surface area contributed by atoms with E-state index in [1.807, 2.05) is 40.3 Å². The van der Waals surface area contributed by atoms with Gasteiger partial charge in [0.2, 0.25) is 4.99 Å². The first kappa shape index (κ1) is 21.9. The van der Waals surface area contributed by atoms with Crippen molar-refractivity contribution >= 4 is 55.6 Å². The number of hydrogen-bond donors (Lipinski definition) is 0. The highest BCUT2D eigenvalue weighted by atomic mass is 79.9. The summed E-state index contributed by atoms with van der Waals surface area (Å²) in [5, 5.41) is 14.5. The lowest BCUT2D eigenvalue weighted by Gasteiger charge is -2.46. The number of ketones is 1. The lowest BCUT2D eigenvalue weighted by atomic mass is 10.0. The molecule has 2 aliphatic rings. The Morgan fingerprint density at radius 3 is 2.21 bits per heavy atom. The molecule has 0 amide bonds. The number of hydrogen-bond acceptors (Lipinski definition) is 6. The average Bonchev–Trinajstić information content (AvgIpc) is 3.21. The van der Waals surface area contributed by atoms with Gasteiger partial charge in [-0.05, 0) is 67.1 Å². The number of benzene rings is 3. The van der Waals surface area contributed by atoms with E-state index in [1.54, 1.807) is 6.92 Å². The zero-order valence-electron chi connectivity index (χ0n) is 18.4. The number of aryl methyl sites for hydroxylation is 1. The van der Waals surface area contributed by atoms with Crippen LogP contribution in [0.25, 0.3) is 0 Å². The smallest absolute Gasteiger partial charge is 0.208 e. The van der Waals surface area contributed by atoms with Crippen LogP contribution in [-0.2, 0) is 4.79 Å². The monoisotopic (exact) mass is 518 g/mol. The highest BCUT2D eigenvalue weighted by Gasteiger charge is 2.52. The molecule has 3 aromatic carbocycles. The topological polar surface area (TPSA) is 48.3 Å². The summed E-state index contributed by atoms with van der Waals surface area (Å²) in [5.41, 5.74) is 5.17. The lowest BCUT2D eigenvalue weighted by Crippen LogP contribution is -2.56. The molecular formula is C26H23BrN4OS. The van der Waals surface area contributed by atoms with E-state index >= 15 is 0 Å². The van der Waals surface area contributed by atoms with Gasteiger partial charge < -0.3 is 0 Å². The van der Waals surface area contributed by atoms with Crippen LogP contribution in [0.4, 0.5) is 11.4 Å². The molecule has 0 unspecified atom stereocenters. The van der Waals surface area contributed by atoms with Crippen LogP contribution in [0, 0.1) is 6.92 Å². The second-order valence-corrected chi connectivity index (χ2v) is 10.3. The summed E-state index contributed by atoms with van der Waals surface area (Å²) in [6.07, 6.45) is 1.51. The molecule has 1 atom stereocenters. The van der Waals surface area contributed by atoms with Gasteiger partial charge in [-0.15, -0.1) is 0 Å². The van der Waals surface area contributed by atoms with E-state index in [0.717, 1.165) is 40.0 Å². The third kappa shape index (κ3) is 4.11. The molecule has 7 heteroatoms. The van der Waals surface area contributed by atoms with E-state index in [2.05, 4.69) is 71.4 Å². The molecule has 1 spiro atoms. The zero-order valence-corrected chi connectivity index (χ0v) is 20.8. The molecule has 0 radical (unpaired) electrons. The van der Waals surface area contributed by atoms with E-state index in [0.29, 0.717) is 5.04 Å². The molecule has 3 aromatic rings. The third-order valence-electron chi connectivity index (χ3n) is 5.78. The lowest BCUT2D eigenvalue weighted by molar-refractivity contribution is -0.110. The van der Waals surface area contributed by atoms with Gasteiger partial charge in [-0.2, -0.15) is 10.2 Å². The van der Waals surface area contributed by atoms with Gasteiger partial charge in [0.15, 0.2) is 10.8 Å². The number of hydrazone groups is 2. The number of carbonyl (C=O) groups is 1. The van der Waals surface area contributed by atoms with Crippen molar-refractivity contribution in [3.8, 4) is 0 Å². The van der Waals surface area contributed by atoms with Crippen LogP contribution in [0.2, 0.25) is 0 Å². The van der Waals surface area contributed by atoms with Gasteiger partial charge in [0, 0.05) is 17.8 Å². The minimum Gasteiger partial charge on any atom is -0.292 e. The van der Waals surface area contributed by atoms with Gasteiger partial charge in [-0.25, -0.2) is 10.0 Å². The molecule has 2 heterocycles. The maximum absolute atomic E-state index is 12.4. The number of nitrogens with zero attached hydrogens (tertiary/aromatic N) is 4. The Bertz CT molecular complexity index is 1240. The maximum Gasteiger partial charge on any atom is 0.208 e. The molecule has 0 bridgehead atoms. The molecular weight excluding hydrogens is 496 g/mol. The molecule has 0 aromatic heterocycles. The van der Waals surface area contributed by atoms with Crippen LogP contribution in [-0.4, -0.2) is 21.5 Å². The third-order valence-corrected chi connectivity index (χ3v) is 7.75. The molecule has 5 nitrogen and oxygen atoms in total. The van der Waals surface area contributed by atoms with Crippen molar-refractivity contribution < 1.29 is 4.79 Å². The SMILES string of the molecule is CC(=O)C1=NN(c2ccc(C)cc2)[C@]2(CCC(c3ccc(Br)cc3)=NN2c2ccccc2)S1. The van der Waals surface area contributed by atoms with Crippen molar-refractivity contribution in [3.63, 3.8) is 0 Å². The van der Waals surface area contributed by atoms with Crippen molar-refractivity contribution in [2.75, 3.05) is 10.0 Å². The number of rotatable bonds is 4. The minimum absolute atomic E-state index is 0.0373. The highest BCUT2D eigenvalue weighted by Crippen LogP contribution is 2.50. The quantitative estimate of drug-likeness (QED) is 0.391. The number of para-hydroxylation sites is 1.